The van der Waals surface area contributed by atoms with Crippen LogP contribution in [0.4, 0.5) is 5.69 Å². The van der Waals surface area contributed by atoms with Gasteiger partial charge in [-0.25, -0.2) is 0 Å². The van der Waals surface area contributed by atoms with E-state index in [4.69, 9.17) is 11.6 Å². The van der Waals surface area contributed by atoms with Crippen LogP contribution < -0.4 is 16.2 Å². The van der Waals surface area contributed by atoms with Gasteiger partial charge in [0.15, 0.2) is 0 Å². The highest BCUT2D eigenvalue weighted by molar-refractivity contribution is 7.12. The fraction of sp³-hybridized carbons (Fsp3) is 0.316. The fourth-order valence-electron chi connectivity index (χ4n) is 3.06. The van der Waals surface area contributed by atoms with Gasteiger partial charge in [0, 0.05) is 10.9 Å². The number of benzene rings is 1. The Labute approximate surface area is 166 Å². The lowest BCUT2D eigenvalue weighted by Crippen LogP contribution is -2.45. The molecule has 3 rings (SSSR count). The summed E-state index contributed by atoms with van der Waals surface area (Å²) in [5.41, 5.74) is 5.42. The van der Waals surface area contributed by atoms with Gasteiger partial charge in [-0.1, -0.05) is 36.9 Å². The Kier molecular flexibility index (Phi) is 6.47. The molecule has 0 radical (unpaired) electrons. The molecule has 0 aliphatic heterocycles. The molecule has 1 heterocycles. The van der Waals surface area contributed by atoms with Crippen LogP contribution in [0.3, 0.4) is 0 Å². The summed E-state index contributed by atoms with van der Waals surface area (Å²) in [4.78, 5) is 37.5. The van der Waals surface area contributed by atoms with Gasteiger partial charge >= 0.3 is 0 Å². The quantitative estimate of drug-likeness (QED) is 0.672. The van der Waals surface area contributed by atoms with Crippen LogP contribution in [0, 0.1) is 5.92 Å². The Morgan fingerprint density at radius 2 is 1.78 bits per heavy atom. The Morgan fingerprint density at radius 1 is 1.00 bits per heavy atom. The molecule has 3 N–H and O–H groups in total. The summed E-state index contributed by atoms with van der Waals surface area (Å²) >= 11 is 7.30. The number of hydrogen-bond acceptors (Lipinski definition) is 4. The van der Waals surface area contributed by atoms with Gasteiger partial charge in [-0.15, -0.1) is 11.3 Å². The molecule has 1 aliphatic carbocycles. The van der Waals surface area contributed by atoms with E-state index in [-0.39, 0.29) is 29.0 Å². The molecule has 6 nitrogen and oxygen atoms in total. The van der Waals surface area contributed by atoms with Gasteiger partial charge in [0.1, 0.15) is 0 Å². The van der Waals surface area contributed by atoms with Crippen molar-refractivity contribution in [3.05, 3.63) is 51.2 Å². The summed E-state index contributed by atoms with van der Waals surface area (Å²) < 4.78 is 0. The molecular weight excluding hydrogens is 386 g/mol. The largest absolute Gasteiger partial charge is 0.320 e. The summed E-state index contributed by atoms with van der Waals surface area (Å²) in [5.74, 6) is -1.09. The minimum atomic E-state index is -0.516. The molecule has 1 aromatic heterocycles. The van der Waals surface area contributed by atoms with E-state index in [1.807, 2.05) is 0 Å². The first-order valence-corrected chi connectivity index (χ1v) is 10.0. The van der Waals surface area contributed by atoms with E-state index in [1.165, 1.54) is 23.5 Å². The maximum atomic E-state index is 12.5. The minimum Gasteiger partial charge on any atom is -0.320 e. The van der Waals surface area contributed by atoms with Crippen LogP contribution in [0.25, 0.3) is 0 Å². The smallest absolute Gasteiger partial charge is 0.271 e. The number of hydrogen-bond donors (Lipinski definition) is 3. The lowest BCUT2D eigenvalue weighted by atomic mass is 9.89. The summed E-state index contributed by atoms with van der Waals surface area (Å²) in [7, 11) is 0. The first kappa shape index (κ1) is 19.4. The van der Waals surface area contributed by atoms with Crippen molar-refractivity contribution in [1.29, 1.82) is 0 Å². The van der Waals surface area contributed by atoms with Crippen LogP contribution in [0.5, 0.6) is 0 Å². The van der Waals surface area contributed by atoms with Crippen molar-refractivity contribution in [2.24, 2.45) is 5.92 Å². The third kappa shape index (κ3) is 5.08. The third-order valence-electron chi connectivity index (χ3n) is 4.49. The molecule has 1 aliphatic rings. The summed E-state index contributed by atoms with van der Waals surface area (Å²) in [6, 6.07) is 8.03. The van der Waals surface area contributed by atoms with Crippen molar-refractivity contribution in [2.45, 2.75) is 32.1 Å². The van der Waals surface area contributed by atoms with Crippen LogP contribution in [-0.2, 0) is 4.79 Å². The van der Waals surface area contributed by atoms with Gasteiger partial charge in [-0.2, -0.15) is 0 Å². The number of halogens is 1. The van der Waals surface area contributed by atoms with Gasteiger partial charge < -0.3 is 5.32 Å². The van der Waals surface area contributed by atoms with Crippen molar-refractivity contribution < 1.29 is 14.4 Å². The molecule has 2 aromatic rings. The average molecular weight is 406 g/mol. The molecule has 1 saturated carbocycles. The number of amides is 3. The van der Waals surface area contributed by atoms with E-state index in [2.05, 4.69) is 16.2 Å². The number of thiophene rings is 1. The van der Waals surface area contributed by atoms with Crippen LogP contribution in [0.15, 0.2) is 35.7 Å². The molecule has 0 unspecified atom stereocenters. The molecule has 8 heteroatoms. The minimum absolute atomic E-state index is 0.0673. The molecule has 1 aromatic carbocycles. The van der Waals surface area contributed by atoms with Gasteiger partial charge in [-0.05, 0) is 42.5 Å². The van der Waals surface area contributed by atoms with Crippen molar-refractivity contribution >= 4 is 46.3 Å². The van der Waals surface area contributed by atoms with Crippen molar-refractivity contribution in [3.63, 3.8) is 0 Å². The highest BCUT2D eigenvalue weighted by atomic mass is 35.5. The van der Waals surface area contributed by atoms with E-state index in [9.17, 15) is 14.4 Å². The second-order valence-electron chi connectivity index (χ2n) is 6.40. The monoisotopic (exact) mass is 405 g/mol. The Hall–Kier alpha value is -2.38. The normalized spacial score (nSPS) is 14.4. The highest BCUT2D eigenvalue weighted by Gasteiger charge is 2.22. The number of hydrazine groups is 1. The summed E-state index contributed by atoms with van der Waals surface area (Å²) in [5, 5.41) is 4.88. The average Bonchev–Trinajstić information content (AvgIpc) is 3.21. The predicted octanol–water partition coefficient (Wildman–Crippen LogP) is 4.00. The van der Waals surface area contributed by atoms with E-state index < -0.39 is 5.91 Å². The molecule has 3 amide bonds. The second kappa shape index (κ2) is 9.01. The molecule has 1 fully saturated rings. The Bertz CT molecular complexity index is 833. The maximum absolute atomic E-state index is 12.5. The molecule has 0 spiro atoms. The number of carbonyl (C=O) groups excluding carboxylic acids is 3. The number of anilines is 1. The Morgan fingerprint density at radius 3 is 2.48 bits per heavy atom. The highest BCUT2D eigenvalue weighted by Crippen LogP contribution is 2.24. The Balaban J connectivity index is 1.66. The van der Waals surface area contributed by atoms with Crippen LogP contribution in [0.1, 0.15) is 52.1 Å². The SMILES string of the molecule is O=C(Nc1cc(Cl)ccc1C(=O)NNC(=O)C1CCCCC1)c1cccs1. The lowest BCUT2D eigenvalue weighted by molar-refractivity contribution is -0.126. The van der Waals surface area contributed by atoms with E-state index in [0.29, 0.717) is 9.90 Å². The van der Waals surface area contributed by atoms with E-state index in [1.54, 1.807) is 23.6 Å². The third-order valence-corrected chi connectivity index (χ3v) is 5.60. The zero-order chi connectivity index (χ0) is 19.2. The second-order valence-corrected chi connectivity index (χ2v) is 7.78. The van der Waals surface area contributed by atoms with Crippen LogP contribution in [-0.4, -0.2) is 17.7 Å². The van der Waals surface area contributed by atoms with Gasteiger partial charge in [0.25, 0.3) is 11.8 Å². The van der Waals surface area contributed by atoms with E-state index >= 15 is 0 Å². The molecule has 0 bridgehead atoms. The molecule has 27 heavy (non-hydrogen) atoms. The first-order chi connectivity index (χ1) is 13.0. The molecule has 0 saturated heterocycles. The van der Waals surface area contributed by atoms with Crippen LogP contribution in [0.2, 0.25) is 5.02 Å². The molecule has 142 valence electrons. The fourth-order valence-corrected chi connectivity index (χ4v) is 3.85. The first-order valence-electron chi connectivity index (χ1n) is 8.79. The topological polar surface area (TPSA) is 87.3 Å². The summed E-state index contributed by atoms with van der Waals surface area (Å²) in [6.45, 7) is 0. The van der Waals surface area contributed by atoms with Crippen molar-refractivity contribution in [3.8, 4) is 0 Å². The van der Waals surface area contributed by atoms with Gasteiger partial charge in [0.2, 0.25) is 5.91 Å². The zero-order valence-electron chi connectivity index (χ0n) is 14.6. The predicted molar refractivity (Wildman–Crippen MR) is 106 cm³/mol. The number of rotatable bonds is 4. The maximum Gasteiger partial charge on any atom is 0.271 e. The number of carbonyl (C=O) groups is 3. The number of nitrogens with one attached hydrogen (secondary N) is 3. The van der Waals surface area contributed by atoms with Crippen LogP contribution >= 0.6 is 22.9 Å². The standard InChI is InChI=1S/C19H20ClN3O3S/c20-13-8-9-14(15(11-13)21-19(26)16-7-4-10-27-16)18(25)23-22-17(24)12-5-2-1-3-6-12/h4,7-12H,1-3,5-6H2,(H,21,26)(H,22,24)(H,23,25). The zero-order valence-corrected chi connectivity index (χ0v) is 16.2. The lowest BCUT2D eigenvalue weighted by Gasteiger charge is -2.21. The van der Waals surface area contributed by atoms with Crippen molar-refractivity contribution in [2.75, 3.05) is 5.32 Å². The van der Waals surface area contributed by atoms with Crippen molar-refractivity contribution in [1.82, 2.24) is 10.9 Å². The summed E-state index contributed by atoms with van der Waals surface area (Å²) in [6.07, 6.45) is 4.88. The van der Waals surface area contributed by atoms with Gasteiger partial charge in [0.05, 0.1) is 16.1 Å². The van der Waals surface area contributed by atoms with Gasteiger partial charge in [-0.3, -0.25) is 25.2 Å². The molecular formula is C19H20ClN3O3S. The van der Waals surface area contributed by atoms with E-state index in [0.717, 1.165) is 32.1 Å². The molecule has 0 atom stereocenters.